The van der Waals surface area contributed by atoms with Crippen LogP contribution < -0.4 is 10.2 Å². The lowest BCUT2D eigenvalue weighted by Gasteiger charge is -2.36. The second-order valence-electron chi connectivity index (χ2n) is 6.16. The number of ether oxygens (including phenoxy) is 2. The third-order valence-corrected chi connectivity index (χ3v) is 4.38. The molecule has 2 aliphatic heterocycles. The van der Waals surface area contributed by atoms with Gasteiger partial charge in [0.15, 0.2) is 6.10 Å². The molecule has 0 aliphatic carbocycles. The number of aryl methyl sites for hydroxylation is 1. The van der Waals surface area contributed by atoms with Crippen molar-refractivity contribution in [3.05, 3.63) is 29.6 Å². The largest absolute Gasteiger partial charge is 0.376 e. The molecule has 126 valence electrons. The molecular formula is C17H23FN2O3. The van der Waals surface area contributed by atoms with Crippen molar-refractivity contribution in [2.45, 2.75) is 31.9 Å². The van der Waals surface area contributed by atoms with Gasteiger partial charge in [0.25, 0.3) is 5.91 Å². The number of amides is 1. The van der Waals surface area contributed by atoms with Crippen LogP contribution in [-0.4, -0.2) is 51.0 Å². The van der Waals surface area contributed by atoms with Crippen LogP contribution in [0.15, 0.2) is 18.2 Å². The Morgan fingerprint density at radius 2 is 2.26 bits per heavy atom. The molecule has 2 saturated heterocycles. The van der Waals surface area contributed by atoms with Crippen molar-refractivity contribution >= 4 is 11.6 Å². The molecule has 0 bridgehead atoms. The highest BCUT2D eigenvalue weighted by Crippen LogP contribution is 2.24. The maximum atomic E-state index is 13.3. The van der Waals surface area contributed by atoms with Crippen LogP contribution in [0.4, 0.5) is 10.1 Å². The summed E-state index contributed by atoms with van der Waals surface area (Å²) in [5, 5.41) is 3.06. The van der Waals surface area contributed by atoms with Crippen LogP contribution >= 0.6 is 0 Å². The van der Waals surface area contributed by atoms with Crippen LogP contribution in [0.2, 0.25) is 0 Å². The summed E-state index contributed by atoms with van der Waals surface area (Å²) >= 11 is 0. The average molecular weight is 322 g/mol. The van der Waals surface area contributed by atoms with E-state index in [1.165, 1.54) is 6.07 Å². The maximum absolute atomic E-state index is 13.3. The zero-order valence-electron chi connectivity index (χ0n) is 13.4. The van der Waals surface area contributed by atoms with Gasteiger partial charge in [-0.15, -0.1) is 0 Å². The summed E-state index contributed by atoms with van der Waals surface area (Å²) in [6.07, 6.45) is 1.42. The molecular weight excluding hydrogens is 299 g/mol. The minimum atomic E-state index is -0.508. The fourth-order valence-electron chi connectivity index (χ4n) is 3.22. The van der Waals surface area contributed by atoms with E-state index >= 15 is 0 Å². The standard InChI is InChI=1S/C17H23FN2O3/c1-12-9-13(18)4-5-15(12)20-6-2-3-14(10-20)19-17(21)16-11-22-7-8-23-16/h4-5,9,14,16H,2-3,6-8,10-11H2,1H3,(H,19,21)/t14-,16+/m0/s1. The summed E-state index contributed by atoms with van der Waals surface area (Å²) < 4.78 is 24.0. The first-order chi connectivity index (χ1) is 11.1. The average Bonchev–Trinajstić information content (AvgIpc) is 2.56. The van der Waals surface area contributed by atoms with Gasteiger partial charge in [-0.3, -0.25) is 4.79 Å². The lowest BCUT2D eigenvalue weighted by molar-refractivity contribution is -0.148. The molecule has 2 atom stereocenters. The van der Waals surface area contributed by atoms with Gasteiger partial charge in [-0.1, -0.05) is 0 Å². The molecule has 1 aromatic carbocycles. The number of nitrogens with zero attached hydrogens (tertiary/aromatic N) is 1. The Balaban J connectivity index is 1.60. The number of carbonyl (C=O) groups excluding carboxylic acids is 1. The smallest absolute Gasteiger partial charge is 0.251 e. The Hall–Kier alpha value is -1.66. The SMILES string of the molecule is Cc1cc(F)ccc1N1CCC[C@H](NC(=O)[C@H]2COCCO2)C1. The van der Waals surface area contributed by atoms with Crippen LogP contribution in [-0.2, 0) is 14.3 Å². The van der Waals surface area contributed by atoms with Gasteiger partial charge >= 0.3 is 0 Å². The number of benzene rings is 1. The fourth-order valence-corrected chi connectivity index (χ4v) is 3.22. The van der Waals surface area contributed by atoms with E-state index in [1.54, 1.807) is 6.07 Å². The van der Waals surface area contributed by atoms with Gasteiger partial charge in [0, 0.05) is 24.8 Å². The Morgan fingerprint density at radius 1 is 1.39 bits per heavy atom. The zero-order valence-corrected chi connectivity index (χ0v) is 13.4. The molecule has 2 heterocycles. The van der Waals surface area contributed by atoms with Gasteiger partial charge in [0.1, 0.15) is 5.82 Å². The van der Waals surface area contributed by atoms with Crippen molar-refractivity contribution in [3.63, 3.8) is 0 Å². The minimum Gasteiger partial charge on any atom is -0.376 e. The zero-order chi connectivity index (χ0) is 16.2. The maximum Gasteiger partial charge on any atom is 0.251 e. The Bertz CT molecular complexity index is 561. The quantitative estimate of drug-likeness (QED) is 0.919. The molecule has 0 spiro atoms. The van der Waals surface area contributed by atoms with Gasteiger partial charge in [-0.25, -0.2) is 4.39 Å². The molecule has 6 heteroatoms. The van der Waals surface area contributed by atoms with Crippen LogP contribution in [0.1, 0.15) is 18.4 Å². The van der Waals surface area contributed by atoms with E-state index in [4.69, 9.17) is 9.47 Å². The molecule has 2 aliphatic rings. The van der Waals surface area contributed by atoms with Crippen LogP contribution in [0.3, 0.4) is 0 Å². The van der Waals surface area contributed by atoms with Gasteiger partial charge in [0.05, 0.1) is 19.8 Å². The first-order valence-corrected chi connectivity index (χ1v) is 8.14. The Kier molecular flexibility index (Phi) is 5.13. The summed E-state index contributed by atoms with van der Waals surface area (Å²) in [6, 6.07) is 4.92. The normalized spacial score (nSPS) is 25.2. The molecule has 1 amide bonds. The van der Waals surface area contributed by atoms with E-state index in [0.717, 1.165) is 37.2 Å². The molecule has 3 rings (SSSR count). The number of anilines is 1. The molecule has 23 heavy (non-hydrogen) atoms. The first kappa shape index (κ1) is 16.2. The number of nitrogens with one attached hydrogen (secondary N) is 1. The predicted octanol–water partition coefficient (Wildman–Crippen LogP) is 1.63. The predicted molar refractivity (Wildman–Crippen MR) is 85.1 cm³/mol. The van der Waals surface area contributed by atoms with Crippen molar-refractivity contribution in [1.29, 1.82) is 0 Å². The van der Waals surface area contributed by atoms with Gasteiger partial charge in [-0.05, 0) is 43.5 Å². The number of halogens is 1. The lowest BCUT2D eigenvalue weighted by atomic mass is 10.0. The van der Waals surface area contributed by atoms with E-state index < -0.39 is 6.10 Å². The minimum absolute atomic E-state index is 0.0752. The number of hydrogen-bond acceptors (Lipinski definition) is 4. The number of carbonyl (C=O) groups is 1. The van der Waals surface area contributed by atoms with E-state index in [1.807, 2.05) is 13.0 Å². The van der Waals surface area contributed by atoms with Gasteiger partial charge < -0.3 is 19.7 Å². The van der Waals surface area contributed by atoms with Crippen molar-refractivity contribution in [1.82, 2.24) is 5.32 Å². The first-order valence-electron chi connectivity index (χ1n) is 8.14. The van der Waals surface area contributed by atoms with Crippen LogP contribution in [0.25, 0.3) is 0 Å². The number of piperidine rings is 1. The Labute approximate surface area is 135 Å². The highest BCUT2D eigenvalue weighted by Gasteiger charge is 2.27. The number of rotatable bonds is 3. The fraction of sp³-hybridized carbons (Fsp3) is 0.588. The molecule has 0 unspecified atom stereocenters. The second kappa shape index (κ2) is 7.27. The summed E-state index contributed by atoms with van der Waals surface area (Å²) in [6.45, 7) is 4.88. The molecule has 1 aromatic rings. The third kappa shape index (κ3) is 4.00. The van der Waals surface area contributed by atoms with E-state index in [2.05, 4.69) is 10.2 Å². The van der Waals surface area contributed by atoms with Gasteiger partial charge in [-0.2, -0.15) is 0 Å². The van der Waals surface area contributed by atoms with Crippen molar-refractivity contribution in [2.24, 2.45) is 0 Å². The summed E-state index contributed by atoms with van der Waals surface area (Å²) in [5.74, 6) is -0.324. The highest BCUT2D eigenvalue weighted by atomic mass is 19.1. The topological polar surface area (TPSA) is 50.8 Å². The molecule has 0 radical (unpaired) electrons. The summed E-state index contributed by atoms with van der Waals surface area (Å²) in [5.41, 5.74) is 1.95. The lowest BCUT2D eigenvalue weighted by Crippen LogP contribution is -2.52. The van der Waals surface area contributed by atoms with E-state index in [-0.39, 0.29) is 17.8 Å². The van der Waals surface area contributed by atoms with Crippen molar-refractivity contribution < 1.29 is 18.7 Å². The van der Waals surface area contributed by atoms with Gasteiger partial charge in [0.2, 0.25) is 0 Å². The van der Waals surface area contributed by atoms with Crippen molar-refractivity contribution in [2.75, 3.05) is 37.8 Å². The molecule has 5 nitrogen and oxygen atoms in total. The monoisotopic (exact) mass is 322 g/mol. The van der Waals surface area contributed by atoms with E-state index in [9.17, 15) is 9.18 Å². The highest BCUT2D eigenvalue weighted by molar-refractivity contribution is 5.81. The Morgan fingerprint density at radius 3 is 3.00 bits per heavy atom. The second-order valence-corrected chi connectivity index (χ2v) is 6.16. The summed E-state index contributed by atoms with van der Waals surface area (Å²) in [7, 11) is 0. The molecule has 1 N–H and O–H groups in total. The van der Waals surface area contributed by atoms with Crippen LogP contribution in [0, 0.1) is 12.7 Å². The summed E-state index contributed by atoms with van der Waals surface area (Å²) in [4.78, 5) is 14.4. The molecule has 0 aromatic heterocycles. The van der Waals surface area contributed by atoms with Crippen molar-refractivity contribution in [3.8, 4) is 0 Å². The molecule has 2 fully saturated rings. The van der Waals surface area contributed by atoms with E-state index in [0.29, 0.717) is 19.8 Å². The van der Waals surface area contributed by atoms with Crippen LogP contribution in [0.5, 0.6) is 0 Å². The molecule has 0 saturated carbocycles. The number of hydrogen-bond donors (Lipinski definition) is 1. The third-order valence-electron chi connectivity index (χ3n) is 4.38.